The van der Waals surface area contributed by atoms with E-state index in [9.17, 15) is 9.59 Å². The number of carbonyl (C=O) groups is 2. The molecule has 3 rings (SSSR count). The van der Waals surface area contributed by atoms with Crippen LogP contribution in [-0.2, 0) is 16.1 Å². The second kappa shape index (κ2) is 8.02. The summed E-state index contributed by atoms with van der Waals surface area (Å²) in [5.74, 6) is -0.630. The maximum atomic E-state index is 11.9. The van der Waals surface area contributed by atoms with Crippen LogP contribution < -0.4 is 5.43 Å². The molecule has 0 aliphatic rings. The van der Waals surface area contributed by atoms with E-state index in [1.165, 1.54) is 13.3 Å². The van der Waals surface area contributed by atoms with Gasteiger partial charge in [-0.15, -0.1) is 5.10 Å². The van der Waals surface area contributed by atoms with E-state index in [1.807, 2.05) is 24.3 Å². The molecular formula is C18H17N5O3. The molecule has 0 fully saturated rings. The van der Waals surface area contributed by atoms with E-state index in [4.69, 9.17) is 0 Å². The second-order valence-electron chi connectivity index (χ2n) is 5.46. The van der Waals surface area contributed by atoms with Crippen molar-refractivity contribution in [1.29, 1.82) is 0 Å². The van der Waals surface area contributed by atoms with Gasteiger partial charge in [-0.25, -0.2) is 14.9 Å². The number of ether oxygens (including phenoxy) is 1. The highest BCUT2D eigenvalue weighted by atomic mass is 16.5. The first kappa shape index (κ1) is 17.3. The fourth-order valence-electron chi connectivity index (χ4n) is 2.35. The molecule has 0 saturated heterocycles. The zero-order valence-electron chi connectivity index (χ0n) is 14.1. The van der Waals surface area contributed by atoms with Gasteiger partial charge in [0, 0.05) is 6.42 Å². The molecule has 1 aromatic heterocycles. The van der Waals surface area contributed by atoms with Crippen molar-refractivity contribution in [3.05, 3.63) is 59.7 Å². The number of nitrogens with zero attached hydrogens (tertiary/aromatic N) is 4. The van der Waals surface area contributed by atoms with Gasteiger partial charge in [0.2, 0.25) is 5.91 Å². The quantitative estimate of drug-likeness (QED) is 0.414. The minimum absolute atomic E-state index is 0.228. The van der Waals surface area contributed by atoms with Crippen molar-refractivity contribution < 1.29 is 14.3 Å². The lowest BCUT2D eigenvalue weighted by Crippen LogP contribution is -2.19. The number of esters is 1. The van der Waals surface area contributed by atoms with Crippen molar-refractivity contribution in [2.24, 2.45) is 5.10 Å². The number of fused-ring (bicyclic) bond motifs is 1. The average Bonchev–Trinajstić information content (AvgIpc) is 3.09. The lowest BCUT2D eigenvalue weighted by molar-refractivity contribution is -0.121. The van der Waals surface area contributed by atoms with Crippen molar-refractivity contribution >= 4 is 29.1 Å². The number of nitrogens with one attached hydrogen (secondary N) is 1. The van der Waals surface area contributed by atoms with Crippen LogP contribution in [0.2, 0.25) is 0 Å². The SMILES string of the molecule is COC(=O)c1ccc(/C=N/NC(=O)CCn2nnc3ccccc32)cc1. The predicted molar refractivity (Wildman–Crippen MR) is 95.7 cm³/mol. The fraction of sp³-hybridized carbons (Fsp3) is 0.167. The topological polar surface area (TPSA) is 98.5 Å². The lowest BCUT2D eigenvalue weighted by Gasteiger charge is -2.02. The molecule has 0 unspecified atom stereocenters. The Morgan fingerprint density at radius 3 is 2.73 bits per heavy atom. The van der Waals surface area contributed by atoms with E-state index in [0.717, 1.165) is 16.6 Å². The van der Waals surface area contributed by atoms with Crippen LogP contribution in [0.15, 0.2) is 53.6 Å². The molecule has 26 heavy (non-hydrogen) atoms. The van der Waals surface area contributed by atoms with E-state index >= 15 is 0 Å². The summed E-state index contributed by atoms with van der Waals surface area (Å²) >= 11 is 0. The molecule has 132 valence electrons. The van der Waals surface area contributed by atoms with Crippen LogP contribution in [0.4, 0.5) is 0 Å². The van der Waals surface area contributed by atoms with Gasteiger partial charge in [0.1, 0.15) is 5.52 Å². The molecule has 8 nitrogen and oxygen atoms in total. The van der Waals surface area contributed by atoms with Gasteiger partial charge in [0.25, 0.3) is 0 Å². The third-order valence-corrected chi connectivity index (χ3v) is 3.71. The Labute approximate surface area is 149 Å². The van der Waals surface area contributed by atoms with E-state index in [-0.39, 0.29) is 12.3 Å². The first-order valence-electron chi connectivity index (χ1n) is 7.96. The largest absolute Gasteiger partial charge is 0.465 e. The molecule has 1 amide bonds. The Bertz CT molecular complexity index is 947. The van der Waals surface area contributed by atoms with Crippen LogP contribution in [0.25, 0.3) is 11.0 Å². The summed E-state index contributed by atoms with van der Waals surface area (Å²) in [5.41, 5.74) is 5.35. The summed E-state index contributed by atoms with van der Waals surface area (Å²) in [6.45, 7) is 0.412. The van der Waals surface area contributed by atoms with Crippen LogP contribution in [0.3, 0.4) is 0 Å². The molecule has 0 radical (unpaired) electrons. The molecule has 0 bridgehead atoms. The molecule has 0 spiro atoms. The van der Waals surface area contributed by atoms with E-state index in [0.29, 0.717) is 12.1 Å². The monoisotopic (exact) mass is 351 g/mol. The summed E-state index contributed by atoms with van der Waals surface area (Å²) in [4.78, 5) is 23.3. The van der Waals surface area contributed by atoms with Gasteiger partial charge in [-0.2, -0.15) is 5.10 Å². The van der Waals surface area contributed by atoms with Crippen LogP contribution in [0, 0.1) is 0 Å². The number of aromatic nitrogens is 3. The first-order chi connectivity index (χ1) is 12.7. The summed E-state index contributed by atoms with van der Waals surface area (Å²) < 4.78 is 6.32. The number of carbonyl (C=O) groups excluding carboxylic acids is 2. The van der Waals surface area contributed by atoms with Gasteiger partial charge in [-0.1, -0.05) is 29.5 Å². The van der Waals surface area contributed by atoms with Crippen LogP contribution in [-0.4, -0.2) is 40.2 Å². The van der Waals surface area contributed by atoms with Crippen molar-refractivity contribution in [2.45, 2.75) is 13.0 Å². The zero-order chi connectivity index (χ0) is 18.4. The Hall–Kier alpha value is -3.55. The zero-order valence-corrected chi connectivity index (χ0v) is 14.1. The standard InChI is InChI=1S/C18H17N5O3/c1-26-18(25)14-8-6-13(7-9-14)12-19-21-17(24)10-11-23-16-5-3-2-4-15(16)20-22-23/h2-9,12H,10-11H2,1H3,(H,21,24)/b19-12+. The number of hydrazone groups is 1. The average molecular weight is 351 g/mol. The van der Waals surface area contributed by atoms with Crippen LogP contribution in [0.5, 0.6) is 0 Å². The number of benzene rings is 2. The minimum Gasteiger partial charge on any atom is -0.465 e. The number of hydrogen-bond acceptors (Lipinski definition) is 6. The molecule has 0 aliphatic carbocycles. The van der Waals surface area contributed by atoms with Gasteiger partial charge in [0.05, 0.1) is 30.9 Å². The molecule has 8 heteroatoms. The molecule has 0 saturated carbocycles. The molecule has 1 heterocycles. The molecule has 0 atom stereocenters. The third-order valence-electron chi connectivity index (χ3n) is 3.71. The number of para-hydroxylation sites is 1. The lowest BCUT2D eigenvalue weighted by atomic mass is 10.1. The number of hydrogen-bond donors (Lipinski definition) is 1. The fourth-order valence-corrected chi connectivity index (χ4v) is 2.35. The number of aryl methyl sites for hydroxylation is 1. The molecule has 3 aromatic rings. The molecule has 2 aromatic carbocycles. The van der Waals surface area contributed by atoms with E-state index in [1.54, 1.807) is 28.9 Å². The highest BCUT2D eigenvalue weighted by molar-refractivity contribution is 5.90. The Morgan fingerprint density at radius 1 is 1.19 bits per heavy atom. The summed E-state index contributed by atoms with van der Waals surface area (Å²) in [5, 5.41) is 12.0. The van der Waals surface area contributed by atoms with Crippen molar-refractivity contribution in [3.63, 3.8) is 0 Å². The second-order valence-corrected chi connectivity index (χ2v) is 5.46. The Kier molecular flexibility index (Phi) is 5.33. The van der Waals surface area contributed by atoms with Crippen LogP contribution >= 0.6 is 0 Å². The van der Waals surface area contributed by atoms with Gasteiger partial charge in [-0.05, 0) is 29.8 Å². The Balaban J connectivity index is 1.50. The molecular weight excluding hydrogens is 334 g/mol. The first-order valence-corrected chi connectivity index (χ1v) is 7.96. The van der Waals surface area contributed by atoms with Gasteiger partial charge < -0.3 is 4.74 Å². The predicted octanol–water partition coefficient (Wildman–Crippen LogP) is 1.76. The van der Waals surface area contributed by atoms with Gasteiger partial charge in [-0.3, -0.25) is 4.79 Å². The molecule has 0 aliphatic heterocycles. The Morgan fingerprint density at radius 2 is 1.96 bits per heavy atom. The van der Waals surface area contributed by atoms with Crippen molar-refractivity contribution in [1.82, 2.24) is 20.4 Å². The van der Waals surface area contributed by atoms with Gasteiger partial charge in [0.15, 0.2) is 0 Å². The van der Waals surface area contributed by atoms with Crippen LogP contribution in [0.1, 0.15) is 22.3 Å². The summed E-state index contributed by atoms with van der Waals surface area (Å²) in [7, 11) is 1.33. The number of methoxy groups -OCH3 is 1. The highest BCUT2D eigenvalue weighted by Gasteiger charge is 2.06. The highest BCUT2D eigenvalue weighted by Crippen LogP contribution is 2.09. The van der Waals surface area contributed by atoms with Crippen molar-refractivity contribution in [3.8, 4) is 0 Å². The summed E-state index contributed by atoms with van der Waals surface area (Å²) in [6, 6.07) is 14.2. The van der Waals surface area contributed by atoms with E-state index < -0.39 is 5.97 Å². The minimum atomic E-state index is -0.401. The maximum Gasteiger partial charge on any atom is 0.337 e. The van der Waals surface area contributed by atoms with Gasteiger partial charge >= 0.3 is 5.97 Å². The maximum absolute atomic E-state index is 11.9. The number of rotatable bonds is 6. The summed E-state index contributed by atoms with van der Waals surface area (Å²) in [6.07, 6.45) is 1.73. The van der Waals surface area contributed by atoms with E-state index in [2.05, 4.69) is 25.6 Å². The normalized spacial score (nSPS) is 11.0. The molecule has 1 N–H and O–H groups in total. The smallest absolute Gasteiger partial charge is 0.337 e. The van der Waals surface area contributed by atoms with Crippen molar-refractivity contribution in [2.75, 3.05) is 7.11 Å². The number of amides is 1. The third kappa shape index (κ3) is 4.10.